The number of alkyl carbamates (subject to hydrolysis) is 1. The minimum atomic E-state index is -0.865. The van der Waals surface area contributed by atoms with Crippen molar-refractivity contribution in [3.05, 3.63) is 59.8 Å². The number of nitrogens with one attached hydrogen (secondary N) is 3. The van der Waals surface area contributed by atoms with E-state index in [-0.39, 0.29) is 12.5 Å². The van der Waals surface area contributed by atoms with Crippen LogP contribution in [0.3, 0.4) is 0 Å². The van der Waals surface area contributed by atoms with E-state index in [1.807, 2.05) is 30.3 Å². The second-order valence-electron chi connectivity index (χ2n) is 8.76. The average molecular weight is 456 g/mol. The number of benzene rings is 1. The van der Waals surface area contributed by atoms with Crippen LogP contribution in [-0.4, -0.2) is 40.6 Å². The number of ether oxygens (including phenoxy) is 1. The summed E-state index contributed by atoms with van der Waals surface area (Å²) in [5.41, 5.74) is 6.77. The lowest BCUT2D eigenvalue weighted by atomic mass is 10.0. The van der Waals surface area contributed by atoms with Crippen molar-refractivity contribution in [2.24, 2.45) is 0 Å². The summed E-state index contributed by atoms with van der Waals surface area (Å²) >= 11 is 0. The summed E-state index contributed by atoms with van der Waals surface area (Å²) in [6.45, 7) is 7.06. The van der Waals surface area contributed by atoms with E-state index in [2.05, 4.69) is 20.9 Å². The number of aryl methyl sites for hydroxylation is 1. The largest absolute Gasteiger partial charge is 0.444 e. The molecule has 2 aromatic rings. The lowest BCUT2D eigenvalue weighted by Gasteiger charge is -2.24. The van der Waals surface area contributed by atoms with Crippen LogP contribution in [0, 0.1) is 0 Å². The summed E-state index contributed by atoms with van der Waals surface area (Å²) in [6, 6.07) is 11.4. The maximum Gasteiger partial charge on any atom is 0.408 e. The van der Waals surface area contributed by atoms with Gasteiger partial charge in [0.25, 0.3) is 0 Å². The van der Waals surface area contributed by atoms with E-state index in [4.69, 9.17) is 10.5 Å². The number of carbonyl (C=O) groups is 3. The zero-order valence-corrected chi connectivity index (χ0v) is 19.6. The molecule has 0 bridgehead atoms. The van der Waals surface area contributed by atoms with Gasteiger partial charge in [-0.3, -0.25) is 9.59 Å². The molecule has 0 spiro atoms. The van der Waals surface area contributed by atoms with Crippen molar-refractivity contribution in [1.82, 2.24) is 20.9 Å². The molecular formula is C24H33N5O4. The molecule has 0 saturated heterocycles. The number of pyridine rings is 1. The highest BCUT2D eigenvalue weighted by molar-refractivity contribution is 5.91. The molecule has 0 saturated carbocycles. The highest BCUT2D eigenvalue weighted by Crippen LogP contribution is 2.10. The summed E-state index contributed by atoms with van der Waals surface area (Å²) in [6.07, 6.45) is 1.78. The topological polar surface area (TPSA) is 135 Å². The van der Waals surface area contributed by atoms with Gasteiger partial charge in [0.05, 0.1) is 0 Å². The number of hydrogen-bond acceptors (Lipinski definition) is 6. The first-order chi connectivity index (χ1) is 15.5. The van der Waals surface area contributed by atoms with E-state index in [1.54, 1.807) is 46.0 Å². The summed E-state index contributed by atoms with van der Waals surface area (Å²) in [5, 5.41) is 8.05. The standard InChI is InChI=1S/C24H33N5O4/c1-16(21(30)27-15-18-12-13-26-20(25)14-18)28-22(31)19(29-23(32)33-24(2,3)4)11-10-17-8-6-5-7-9-17/h5-9,12-14,16,19H,10-11,15H2,1-4H3,(H2,25,26)(H,27,30)(H,28,31)(H,29,32)/t16-,19+/m0/s1. The number of nitrogens with zero attached hydrogens (tertiary/aromatic N) is 1. The summed E-state index contributed by atoms with van der Waals surface area (Å²) in [7, 11) is 0. The Kier molecular flexibility index (Phi) is 9.20. The van der Waals surface area contributed by atoms with Crippen LogP contribution in [-0.2, 0) is 27.3 Å². The lowest BCUT2D eigenvalue weighted by molar-refractivity contribution is -0.129. The van der Waals surface area contributed by atoms with Crippen LogP contribution in [0.5, 0.6) is 0 Å². The summed E-state index contributed by atoms with van der Waals surface area (Å²) < 4.78 is 5.30. The molecule has 2 atom stereocenters. The van der Waals surface area contributed by atoms with Crippen LogP contribution >= 0.6 is 0 Å². The second-order valence-corrected chi connectivity index (χ2v) is 8.76. The average Bonchev–Trinajstić information content (AvgIpc) is 2.74. The van der Waals surface area contributed by atoms with Crippen molar-refractivity contribution in [3.63, 3.8) is 0 Å². The SMILES string of the molecule is C[C@H](NC(=O)[C@@H](CCc1ccccc1)NC(=O)OC(C)(C)C)C(=O)NCc1ccnc(N)c1. The molecule has 178 valence electrons. The minimum absolute atomic E-state index is 0.249. The molecule has 0 aliphatic carbocycles. The summed E-state index contributed by atoms with van der Waals surface area (Å²) in [5.74, 6) is -0.469. The number of nitrogen functional groups attached to an aromatic ring is 1. The lowest BCUT2D eigenvalue weighted by Crippen LogP contribution is -2.53. The van der Waals surface area contributed by atoms with Gasteiger partial charge in [0.2, 0.25) is 11.8 Å². The van der Waals surface area contributed by atoms with Crippen LogP contribution < -0.4 is 21.7 Å². The molecule has 5 N–H and O–H groups in total. The van der Waals surface area contributed by atoms with Gasteiger partial charge in [-0.1, -0.05) is 30.3 Å². The molecule has 2 rings (SSSR count). The van der Waals surface area contributed by atoms with E-state index in [0.717, 1.165) is 11.1 Å². The Morgan fingerprint density at radius 3 is 2.36 bits per heavy atom. The number of rotatable bonds is 9. The fourth-order valence-electron chi connectivity index (χ4n) is 3.00. The molecule has 0 aliphatic heterocycles. The van der Waals surface area contributed by atoms with E-state index in [0.29, 0.717) is 18.7 Å². The van der Waals surface area contributed by atoms with Gasteiger partial charge in [0.1, 0.15) is 23.5 Å². The van der Waals surface area contributed by atoms with Crippen molar-refractivity contribution >= 4 is 23.7 Å². The molecular weight excluding hydrogens is 422 g/mol. The molecule has 0 radical (unpaired) electrons. The number of hydrogen-bond donors (Lipinski definition) is 4. The smallest absolute Gasteiger partial charge is 0.408 e. The fourth-order valence-corrected chi connectivity index (χ4v) is 3.00. The van der Waals surface area contributed by atoms with Crippen LogP contribution in [0.1, 0.15) is 45.2 Å². The van der Waals surface area contributed by atoms with Gasteiger partial charge in [-0.15, -0.1) is 0 Å². The van der Waals surface area contributed by atoms with Gasteiger partial charge in [-0.2, -0.15) is 0 Å². The second kappa shape index (κ2) is 11.8. The molecule has 0 unspecified atom stereocenters. The first-order valence-electron chi connectivity index (χ1n) is 10.9. The zero-order chi connectivity index (χ0) is 24.4. The molecule has 0 aliphatic rings. The quantitative estimate of drug-likeness (QED) is 0.458. The van der Waals surface area contributed by atoms with Crippen molar-refractivity contribution in [3.8, 4) is 0 Å². The van der Waals surface area contributed by atoms with Crippen molar-refractivity contribution < 1.29 is 19.1 Å². The molecule has 1 aromatic carbocycles. The van der Waals surface area contributed by atoms with Gasteiger partial charge in [-0.05, 0) is 63.8 Å². The molecule has 1 aromatic heterocycles. The Balaban J connectivity index is 1.97. The van der Waals surface area contributed by atoms with Gasteiger partial charge >= 0.3 is 6.09 Å². The molecule has 9 heteroatoms. The normalized spacial score (nSPS) is 12.8. The monoisotopic (exact) mass is 455 g/mol. The first kappa shape index (κ1) is 25.6. The third-order valence-corrected chi connectivity index (χ3v) is 4.64. The van der Waals surface area contributed by atoms with Gasteiger partial charge in [-0.25, -0.2) is 9.78 Å². The van der Waals surface area contributed by atoms with Gasteiger partial charge in [0.15, 0.2) is 0 Å². The van der Waals surface area contributed by atoms with Crippen LogP contribution in [0.4, 0.5) is 10.6 Å². The van der Waals surface area contributed by atoms with Gasteiger partial charge in [0, 0.05) is 12.7 Å². The van der Waals surface area contributed by atoms with E-state index < -0.39 is 29.7 Å². The van der Waals surface area contributed by atoms with Crippen molar-refractivity contribution in [2.45, 2.75) is 64.8 Å². The van der Waals surface area contributed by atoms with E-state index in [9.17, 15) is 14.4 Å². The third kappa shape index (κ3) is 9.59. The van der Waals surface area contributed by atoms with Crippen LogP contribution in [0.2, 0.25) is 0 Å². The fraction of sp³-hybridized carbons (Fsp3) is 0.417. The number of anilines is 1. The molecule has 3 amide bonds. The zero-order valence-electron chi connectivity index (χ0n) is 19.6. The Labute approximate surface area is 194 Å². The number of amides is 3. The van der Waals surface area contributed by atoms with Gasteiger partial charge < -0.3 is 26.4 Å². The predicted octanol–water partition coefficient (Wildman–Crippen LogP) is 2.31. The molecule has 0 fully saturated rings. The Hall–Kier alpha value is -3.62. The molecule has 33 heavy (non-hydrogen) atoms. The predicted molar refractivity (Wildman–Crippen MR) is 126 cm³/mol. The number of carbonyl (C=O) groups excluding carboxylic acids is 3. The number of nitrogens with two attached hydrogens (primary N) is 1. The highest BCUT2D eigenvalue weighted by Gasteiger charge is 2.26. The van der Waals surface area contributed by atoms with Crippen molar-refractivity contribution in [1.29, 1.82) is 0 Å². The number of aromatic nitrogens is 1. The Bertz CT molecular complexity index is 943. The Morgan fingerprint density at radius 1 is 1.03 bits per heavy atom. The maximum absolute atomic E-state index is 12.9. The Morgan fingerprint density at radius 2 is 1.73 bits per heavy atom. The van der Waals surface area contributed by atoms with E-state index >= 15 is 0 Å². The molecule has 1 heterocycles. The minimum Gasteiger partial charge on any atom is -0.444 e. The van der Waals surface area contributed by atoms with Crippen LogP contribution in [0.25, 0.3) is 0 Å². The van der Waals surface area contributed by atoms with Crippen LogP contribution in [0.15, 0.2) is 48.7 Å². The first-order valence-corrected chi connectivity index (χ1v) is 10.9. The van der Waals surface area contributed by atoms with Crippen molar-refractivity contribution in [2.75, 3.05) is 5.73 Å². The highest BCUT2D eigenvalue weighted by atomic mass is 16.6. The third-order valence-electron chi connectivity index (χ3n) is 4.64. The summed E-state index contributed by atoms with van der Waals surface area (Å²) in [4.78, 5) is 41.6. The maximum atomic E-state index is 12.9. The molecule has 9 nitrogen and oxygen atoms in total. The van der Waals surface area contributed by atoms with E-state index in [1.165, 1.54) is 0 Å².